The lowest BCUT2D eigenvalue weighted by atomic mass is 9.93. The van der Waals surface area contributed by atoms with E-state index in [4.69, 9.17) is 0 Å². The Balaban J connectivity index is 2.38. The number of benzene rings is 2. The minimum atomic E-state index is -0.245. The Morgan fingerprint density at radius 1 is 1.05 bits per heavy atom. The SMILES string of the molecule is CCNC(Cc1ccccc1F)c1c(C)cc(C)cc1F. The van der Waals surface area contributed by atoms with Crippen LogP contribution in [0.2, 0.25) is 0 Å². The van der Waals surface area contributed by atoms with Gasteiger partial charge in [0.25, 0.3) is 0 Å². The van der Waals surface area contributed by atoms with Gasteiger partial charge in [-0.15, -0.1) is 0 Å². The van der Waals surface area contributed by atoms with Crippen LogP contribution in [0.4, 0.5) is 8.78 Å². The summed E-state index contributed by atoms with van der Waals surface area (Å²) in [5.74, 6) is -0.472. The van der Waals surface area contributed by atoms with Crippen LogP contribution in [0.1, 0.15) is 35.2 Å². The molecule has 0 radical (unpaired) electrons. The van der Waals surface area contributed by atoms with Crippen molar-refractivity contribution in [3.05, 3.63) is 70.3 Å². The second-order valence-electron chi connectivity index (χ2n) is 5.38. The normalized spacial score (nSPS) is 12.4. The van der Waals surface area contributed by atoms with E-state index in [1.54, 1.807) is 18.2 Å². The lowest BCUT2D eigenvalue weighted by Gasteiger charge is -2.22. The molecular formula is C18H21F2N. The fourth-order valence-corrected chi connectivity index (χ4v) is 2.77. The van der Waals surface area contributed by atoms with E-state index >= 15 is 0 Å². The summed E-state index contributed by atoms with van der Waals surface area (Å²) in [6, 6.07) is 9.93. The van der Waals surface area contributed by atoms with Crippen LogP contribution >= 0.6 is 0 Å². The molecule has 112 valence electrons. The van der Waals surface area contributed by atoms with Gasteiger partial charge in [0.15, 0.2) is 0 Å². The summed E-state index contributed by atoms with van der Waals surface area (Å²) in [4.78, 5) is 0. The Morgan fingerprint density at radius 2 is 1.76 bits per heavy atom. The lowest BCUT2D eigenvalue weighted by molar-refractivity contribution is 0.495. The van der Waals surface area contributed by atoms with Gasteiger partial charge in [0.1, 0.15) is 11.6 Å². The molecule has 21 heavy (non-hydrogen) atoms. The Kier molecular flexibility index (Phi) is 5.07. The number of rotatable bonds is 5. The second-order valence-corrected chi connectivity index (χ2v) is 5.38. The molecule has 0 aromatic heterocycles. The summed E-state index contributed by atoms with van der Waals surface area (Å²) in [7, 11) is 0. The third-order valence-corrected chi connectivity index (χ3v) is 3.66. The van der Waals surface area contributed by atoms with Crippen LogP contribution in [0.5, 0.6) is 0 Å². The Bertz CT molecular complexity index is 599. The first-order chi connectivity index (χ1) is 10.0. The maximum atomic E-state index is 14.4. The van der Waals surface area contributed by atoms with E-state index in [0.717, 1.165) is 11.1 Å². The van der Waals surface area contributed by atoms with Gasteiger partial charge in [-0.3, -0.25) is 0 Å². The van der Waals surface area contributed by atoms with Crippen molar-refractivity contribution in [3.8, 4) is 0 Å². The molecule has 1 nitrogen and oxygen atoms in total. The van der Waals surface area contributed by atoms with Gasteiger partial charge in [0.05, 0.1) is 0 Å². The number of nitrogens with one attached hydrogen (secondary N) is 1. The molecule has 0 saturated heterocycles. The Labute approximate surface area is 125 Å². The minimum absolute atomic E-state index is 0.227. The van der Waals surface area contributed by atoms with Crippen LogP contribution < -0.4 is 5.32 Å². The summed E-state index contributed by atoms with van der Waals surface area (Å²) in [6.45, 7) is 6.44. The Hall–Kier alpha value is -1.74. The zero-order valence-electron chi connectivity index (χ0n) is 12.7. The van der Waals surface area contributed by atoms with E-state index in [1.807, 2.05) is 26.8 Å². The van der Waals surface area contributed by atoms with Crippen LogP contribution in [0.15, 0.2) is 36.4 Å². The largest absolute Gasteiger partial charge is 0.310 e. The van der Waals surface area contributed by atoms with E-state index in [-0.39, 0.29) is 17.7 Å². The fraction of sp³-hybridized carbons (Fsp3) is 0.333. The zero-order chi connectivity index (χ0) is 15.4. The average Bonchev–Trinajstić information content (AvgIpc) is 2.40. The van der Waals surface area contributed by atoms with Crippen LogP contribution in [-0.2, 0) is 6.42 Å². The highest BCUT2D eigenvalue weighted by molar-refractivity contribution is 5.35. The number of hydrogen-bond acceptors (Lipinski definition) is 1. The maximum absolute atomic E-state index is 14.4. The van der Waals surface area contributed by atoms with E-state index in [0.29, 0.717) is 24.1 Å². The van der Waals surface area contributed by atoms with Gasteiger partial charge >= 0.3 is 0 Å². The number of likely N-dealkylation sites (N-methyl/N-ethyl adjacent to an activating group) is 1. The topological polar surface area (TPSA) is 12.0 Å². The summed E-state index contributed by atoms with van der Waals surface area (Å²) < 4.78 is 28.2. The molecule has 0 heterocycles. The van der Waals surface area contributed by atoms with E-state index in [2.05, 4.69) is 5.32 Å². The first kappa shape index (κ1) is 15.6. The monoisotopic (exact) mass is 289 g/mol. The van der Waals surface area contributed by atoms with E-state index in [1.165, 1.54) is 12.1 Å². The van der Waals surface area contributed by atoms with E-state index in [9.17, 15) is 8.78 Å². The maximum Gasteiger partial charge on any atom is 0.128 e. The second kappa shape index (κ2) is 6.81. The number of halogens is 2. The molecule has 0 amide bonds. The van der Waals surface area contributed by atoms with Gasteiger partial charge in [-0.05, 0) is 55.6 Å². The molecule has 2 aromatic rings. The first-order valence-electron chi connectivity index (χ1n) is 7.26. The molecule has 0 aliphatic carbocycles. The zero-order valence-corrected chi connectivity index (χ0v) is 12.7. The first-order valence-corrected chi connectivity index (χ1v) is 7.26. The molecule has 1 atom stereocenters. The predicted molar refractivity (Wildman–Crippen MR) is 82.4 cm³/mol. The molecule has 0 spiro atoms. The van der Waals surface area contributed by atoms with Crippen molar-refractivity contribution in [2.24, 2.45) is 0 Å². The molecule has 0 bridgehead atoms. The Morgan fingerprint density at radius 3 is 2.38 bits per heavy atom. The van der Waals surface area contributed by atoms with Gasteiger partial charge < -0.3 is 5.32 Å². The molecule has 0 aliphatic rings. The van der Waals surface area contributed by atoms with Crippen LogP contribution in [-0.4, -0.2) is 6.54 Å². The van der Waals surface area contributed by atoms with Gasteiger partial charge in [0, 0.05) is 11.6 Å². The summed E-state index contributed by atoms with van der Waals surface area (Å²) in [6.07, 6.45) is 0.432. The highest BCUT2D eigenvalue weighted by atomic mass is 19.1. The van der Waals surface area contributed by atoms with Gasteiger partial charge in [-0.2, -0.15) is 0 Å². The predicted octanol–water partition coefficient (Wildman–Crippen LogP) is 4.47. The number of aryl methyl sites for hydroxylation is 2. The van der Waals surface area contributed by atoms with Crippen molar-refractivity contribution in [3.63, 3.8) is 0 Å². The van der Waals surface area contributed by atoms with Crippen molar-refractivity contribution in [1.82, 2.24) is 5.32 Å². The van der Waals surface area contributed by atoms with Crippen molar-refractivity contribution in [1.29, 1.82) is 0 Å². The van der Waals surface area contributed by atoms with Gasteiger partial charge in [-0.25, -0.2) is 8.78 Å². The highest BCUT2D eigenvalue weighted by Gasteiger charge is 2.19. The molecule has 0 saturated carbocycles. The lowest BCUT2D eigenvalue weighted by Crippen LogP contribution is -2.25. The molecule has 1 N–H and O–H groups in total. The average molecular weight is 289 g/mol. The third-order valence-electron chi connectivity index (χ3n) is 3.66. The van der Waals surface area contributed by atoms with Gasteiger partial charge in [0.2, 0.25) is 0 Å². The summed E-state index contributed by atoms with van der Waals surface area (Å²) in [5, 5.41) is 3.27. The van der Waals surface area contributed by atoms with Crippen molar-refractivity contribution in [2.75, 3.05) is 6.54 Å². The molecule has 0 aliphatic heterocycles. The van der Waals surface area contributed by atoms with Crippen LogP contribution in [0.3, 0.4) is 0 Å². The fourth-order valence-electron chi connectivity index (χ4n) is 2.77. The van der Waals surface area contributed by atoms with Crippen LogP contribution in [0, 0.1) is 25.5 Å². The number of hydrogen-bond donors (Lipinski definition) is 1. The van der Waals surface area contributed by atoms with Crippen molar-refractivity contribution in [2.45, 2.75) is 33.2 Å². The third kappa shape index (κ3) is 3.67. The molecule has 0 fully saturated rings. The molecule has 3 heteroatoms. The molecule has 2 rings (SSSR count). The molecule has 1 unspecified atom stereocenters. The smallest absolute Gasteiger partial charge is 0.128 e. The minimum Gasteiger partial charge on any atom is -0.310 e. The molecular weight excluding hydrogens is 268 g/mol. The van der Waals surface area contributed by atoms with E-state index < -0.39 is 0 Å². The van der Waals surface area contributed by atoms with Crippen LogP contribution in [0.25, 0.3) is 0 Å². The quantitative estimate of drug-likeness (QED) is 0.856. The summed E-state index contributed by atoms with van der Waals surface area (Å²) >= 11 is 0. The van der Waals surface area contributed by atoms with Gasteiger partial charge in [-0.1, -0.05) is 31.2 Å². The van der Waals surface area contributed by atoms with Crippen molar-refractivity contribution < 1.29 is 8.78 Å². The highest BCUT2D eigenvalue weighted by Crippen LogP contribution is 2.26. The summed E-state index contributed by atoms with van der Waals surface area (Å²) in [5.41, 5.74) is 3.03. The molecule has 2 aromatic carbocycles. The standard InChI is InChI=1S/C18H21F2N/c1-4-21-17(11-14-7-5-6-8-15(14)19)18-13(3)9-12(2)10-16(18)20/h5-10,17,21H,4,11H2,1-3H3. The van der Waals surface area contributed by atoms with Crippen molar-refractivity contribution >= 4 is 0 Å².